The van der Waals surface area contributed by atoms with Gasteiger partial charge in [-0.25, -0.2) is 9.97 Å². The number of amides is 1. The lowest BCUT2D eigenvalue weighted by atomic mass is 10.2. The van der Waals surface area contributed by atoms with Crippen LogP contribution in [-0.4, -0.2) is 20.9 Å². The van der Waals surface area contributed by atoms with E-state index in [0.717, 1.165) is 27.1 Å². The van der Waals surface area contributed by atoms with Gasteiger partial charge in [-0.15, -0.1) is 0 Å². The quantitative estimate of drug-likeness (QED) is 0.732. The maximum absolute atomic E-state index is 12.1. The summed E-state index contributed by atoms with van der Waals surface area (Å²) < 4.78 is 0. The third-order valence-electron chi connectivity index (χ3n) is 3.23. The first-order valence-corrected chi connectivity index (χ1v) is 8.23. The fraction of sp³-hybridized carbons (Fsp3) is 0.111. The van der Waals surface area contributed by atoms with Crippen molar-refractivity contribution in [1.29, 1.82) is 0 Å². The summed E-state index contributed by atoms with van der Waals surface area (Å²) in [5.41, 5.74) is 3.21. The van der Waals surface area contributed by atoms with Crippen LogP contribution in [0.3, 0.4) is 0 Å². The second-order valence-electron chi connectivity index (χ2n) is 5.25. The Bertz CT molecular complexity index is 830. The molecule has 0 spiro atoms. The van der Waals surface area contributed by atoms with Gasteiger partial charge in [0.15, 0.2) is 5.16 Å². The minimum Gasteiger partial charge on any atom is -0.322 e. The molecule has 5 nitrogen and oxygen atoms in total. The first-order chi connectivity index (χ1) is 11.6. The van der Waals surface area contributed by atoms with E-state index in [-0.39, 0.29) is 5.91 Å². The summed E-state index contributed by atoms with van der Waals surface area (Å²) in [6.07, 6.45) is 3.19. The molecule has 6 heteroatoms. The van der Waals surface area contributed by atoms with Crippen LogP contribution >= 0.6 is 11.8 Å². The molecular formula is C18H16N4OS. The number of aryl methyl sites for hydroxylation is 2. The van der Waals surface area contributed by atoms with Crippen molar-refractivity contribution in [2.45, 2.75) is 23.9 Å². The number of nitrogens with one attached hydrogen (secondary N) is 1. The molecule has 0 unspecified atom stereocenters. The standard InChI is InChI=1S/C18H16N4OS/c1-12-11-13(2)21-18(20-12)24-16-5-3-15(4-6-16)22-17(23)14-7-9-19-10-8-14/h3-11H,1-2H3,(H,22,23). The summed E-state index contributed by atoms with van der Waals surface area (Å²) in [6.45, 7) is 3.91. The topological polar surface area (TPSA) is 67.8 Å². The first-order valence-electron chi connectivity index (χ1n) is 7.42. The predicted molar refractivity (Wildman–Crippen MR) is 94.3 cm³/mol. The summed E-state index contributed by atoms with van der Waals surface area (Å²) in [7, 11) is 0. The van der Waals surface area contributed by atoms with Gasteiger partial charge in [-0.05, 0) is 68.1 Å². The molecule has 3 rings (SSSR count). The van der Waals surface area contributed by atoms with E-state index >= 15 is 0 Å². The van der Waals surface area contributed by atoms with Gasteiger partial charge in [0.05, 0.1) is 0 Å². The first kappa shape index (κ1) is 16.1. The maximum atomic E-state index is 12.1. The van der Waals surface area contributed by atoms with Gasteiger partial charge in [-0.1, -0.05) is 0 Å². The molecular weight excluding hydrogens is 320 g/mol. The molecule has 1 amide bonds. The minimum atomic E-state index is -0.157. The van der Waals surface area contributed by atoms with E-state index in [4.69, 9.17) is 0 Å². The molecule has 2 heterocycles. The van der Waals surface area contributed by atoms with E-state index < -0.39 is 0 Å². The second-order valence-corrected chi connectivity index (χ2v) is 6.29. The van der Waals surface area contributed by atoms with Gasteiger partial charge in [0, 0.05) is 39.9 Å². The Morgan fingerprint density at radius 2 is 1.58 bits per heavy atom. The number of benzene rings is 1. The Morgan fingerprint density at radius 1 is 0.958 bits per heavy atom. The molecule has 0 fully saturated rings. The van der Waals surface area contributed by atoms with E-state index in [1.54, 1.807) is 24.5 Å². The second kappa shape index (κ2) is 7.23. The number of hydrogen-bond acceptors (Lipinski definition) is 5. The van der Waals surface area contributed by atoms with Crippen molar-refractivity contribution in [3.8, 4) is 0 Å². The van der Waals surface area contributed by atoms with Gasteiger partial charge in [0.25, 0.3) is 5.91 Å². The third kappa shape index (κ3) is 4.17. The van der Waals surface area contributed by atoms with Gasteiger partial charge in [-0.3, -0.25) is 9.78 Å². The van der Waals surface area contributed by atoms with Gasteiger partial charge in [-0.2, -0.15) is 0 Å². The summed E-state index contributed by atoms with van der Waals surface area (Å²) >= 11 is 1.50. The molecule has 0 bridgehead atoms. The van der Waals surface area contributed by atoms with Crippen molar-refractivity contribution in [3.63, 3.8) is 0 Å². The van der Waals surface area contributed by atoms with Crippen LogP contribution in [0.5, 0.6) is 0 Å². The Labute approximate surface area is 144 Å². The van der Waals surface area contributed by atoms with E-state index in [0.29, 0.717) is 5.56 Å². The van der Waals surface area contributed by atoms with Gasteiger partial charge in [0.1, 0.15) is 0 Å². The van der Waals surface area contributed by atoms with E-state index in [1.165, 1.54) is 11.8 Å². The smallest absolute Gasteiger partial charge is 0.255 e. The molecule has 0 saturated heterocycles. The number of pyridine rings is 1. The highest BCUT2D eigenvalue weighted by Crippen LogP contribution is 2.26. The van der Waals surface area contributed by atoms with Crippen LogP contribution in [0.1, 0.15) is 21.7 Å². The number of nitrogens with zero attached hydrogens (tertiary/aromatic N) is 3. The van der Waals surface area contributed by atoms with Crippen LogP contribution in [-0.2, 0) is 0 Å². The minimum absolute atomic E-state index is 0.157. The van der Waals surface area contributed by atoms with Gasteiger partial charge < -0.3 is 5.32 Å². The van der Waals surface area contributed by atoms with Crippen molar-refractivity contribution in [2.75, 3.05) is 5.32 Å². The summed E-state index contributed by atoms with van der Waals surface area (Å²) in [6, 6.07) is 12.9. The molecule has 0 aliphatic carbocycles. The Hall–Kier alpha value is -2.73. The molecule has 0 aliphatic rings. The monoisotopic (exact) mass is 336 g/mol. The molecule has 1 aromatic carbocycles. The Kier molecular flexibility index (Phi) is 4.86. The van der Waals surface area contributed by atoms with Crippen LogP contribution in [0, 0.1) is 13.8 Å². The van der Waals surface area contributed by atoms with Crippen molar-refractivity contribution >= 4 is 23.4 Å². The van der Waals surface area contributed by atoms with Crippen LogP contribution in [0.2, 0.25) is 0 Å². The van der Waals surface area contributed by atoms with Gasteiger partial charge >= 0.3 is 0 Å². The van der Waals surface area contributed by atoms with Crippen LogP contribution in [0.4, 0.5) is 5.69 Å². The number of anilines is 1. The SMILES string of the molecule is Cc1cc(C)nc(Sc2ccc(NC(=O)c3ccncc3)cc2)n1. The van der Waals surface area contributed by atoms with Crippen LogP contribution < -0.4 is 5.32 Å². The molecule has 0 atom stereocenters. The normalized spacial score (nSPS) is 10.4. The lowest BCUT2D eigenvalue weighted by Gasteiger charge is -2.07. The van der Waals surface area contributed by atoms with Crippen LogP contribution in [0.15, 0.2) is 64.9 Å². The third-order valence-corrected chi connectivity index (χ3v) is 4.10. The number of aromatic nitrogens is 3. The van der Waals surface area contributed by atoms with Crippen molar-refractivity contribution in [3.05, 3.63) is 71.8 Å². The van der Waals surface area contributed by atoms with Gasteiger partial charge in [0.2, 0.25) is 0 Å². The van der Waals surface area contributed by atoms with Crippen molar-refractivity contribution < 1.29 is 4.79 Å². The molecule has 2 aromatic heterocycles. The number of rotatable bonds is 4. The highest BCUT2D eigenvalue weighted by molar-refractivity contribution is 7.99. The molecule has 3 aromatic rings. The molecule has 0 aliphatic heterocycles. The lowest BCUT2D eigenvalue weighted by molar-refractivity contribution is 0.102. The zero-order valence-electron chi connectivity index (χ0n) is 13.4. The van der Waals surface area contributed by atoms with E-state index in [9.17, 15) is 4.79 Å². The zero-order valence-corrected chi connectivity index (χ0v) is 14.2. The maximum Gasteiger partial charge on any atom is 0.255 e. The fourth-order valence-corrected chi connectivity index (χ4v) is 3.02. The Balaban J connectivity index is 1.68. The zero-order chi connectivity index (χ0) is 16.9. The summed E-state index contributed by atoms with van der Waals surface area (Å²) in [4.78, 5) is 25.9. The summed E-state index contributed by atoms with van der Waals surface area (Å²) in [5.74, 6) is -0.157. The highest BCUT2D eigenvalue weighted by atomic mass is 32.2. The molecule has 120 valence electrons. The molecule has 0 radical (unpaired) electrons. The van der Waals surface area contributed by atoms with Crippen molar-refractivity contribution in [2.24, 2.45) is 0 Å². The number of carbonyl (C=O) groups excluding carboxylic acids is 1. The highest BCUT2D eigenvalue weighted by Gasteiger charge is 2.06. The summed E-state index contributed by atoms with van der Waals surface area (Å²) in [5, 5.41) is 3.58. The fourth-order valence-electron chi connectivity index (χ4n) is 2.16. The largest absolute Gasteiger partial charge is 0.322 e. The van der Waals surface area contributed by atoms with Crippen molar-refractivity contribution in [1.82, 2.24) is 15.0 Å². The number of hydrogen-bond donors (Lipinski definition) is 1. The molecule has 1 N–H and O–H groups in total. The average Bonchev–Trinajstić information content (AvgIpc) is 2.56. The van der Waals surface area contributed by atoms with E-state index in [1.807, 2.05) is 44.2 Å². The Morgan fingerprint density at radius 3 is 2.21 bits per heavy atom. The lowest BCUT2D eigenvalue weighted by Crippen LogP contribution is -2.11. The predicted octanol–water partition coefficient (Wildman–Crippen LogP) is 3.89. The molecule has 0 saturated carbocycles. The average molecular weight is 336 g/mol. The van der Waals surface area contributed by atoms with Crippen LogP contribution in [0.25, 0.3) is 0 Å². The molecule has 24 heavy (non-hydrogen) atoms. The number of carbonyl (C=O) groups is 1. The van der Waals surface area contributed by atoms with E-state index in [2.05, 4.69) is 20.3 Å².